The molecule has 400 valence electrons. The topological polar surface area (TPSA) is 92.3 Å². The van der Waals surface area contributed by atoms with Gasteiger partial charge in [-0.2, -0.15) is 0 Å². The van der Waals surface area contributed by atoms with Crippen LogP contribution in [0, 0.1) is 21.7 Å². The molecule has 0 atom stereocenters. The second-order valence-electron chi connectivity index (χ2n) is 22.5. The van der Waals surface area contributed by atoms with Crippen molar-refractivity contribution in [1.82, 2.24) is 0 Å². The molecule has 0 radical (unpaired) electrons. The lowest BCUT2D eigenvalue weighted by Gasteiger charge is -2.43. The summed E-state index contributed by atoms with van der Waals surface area (Å²) >= 11 is 0. The molecule has 4 saturated heterocycles. The molecule has 0 saturated carbocycles. The molecule has 0 aromatic heterocycles. The Labute approximate surface area is 463 Å². The van der Waals surface area contributed by atoms with E-state index in [9.17, 15) is 0 Å². The van der Waals surface area contributed by atoms with Crippen LogP contribution in [-0.4, -0.2) is 108 Å². The van der Waals surface area contributed by atoms with E-state index in [1.54, 1.807) is 0 Å². The van der Waals surface area contributed by atoms with Gasteiger partial charge in [-0.1, -0.05) is 198 Å². The van der Waals surface area contributed by atoms with Crippen LogP contribution in [0.5, 0.6) is 0 Å². The van der Waals surface area contributed by atoms with Gasteiger partial charge in [0.1, 0.15) is 0 Å². The summed E-state index contributed by atoms with van der Waals surface area (Å²) in [6, 6.07) is 59.5. The summed E-state index contributed by atoms with van der Waals surface area (Å²) in [7, 11) is -2.48. The van der Waals surface area contributed by atoms with Crippen LogP contribution < -0.4 is 10.9 Å². The first-order chi connectivity index (χ1) is 38.3. The van der Waals surface area contributed by atoms with Crippen LogP contribution in [0.15, 0.2) is 175 Å². The number of benzene rings is 6. The third kappa shape index (κ3) is 11.8. The zero-order chi connectivity index (χ0) is 53.4. The molecular weight excluding hydrogens is 972 g/mol. The normalized spacial score (nSPS) is 25.3. The van der Waals surface area contributed by atoms with Crippen molar-refractivity contribution in [2.75, 3.05) is 79.3 Å². The summed E-state index contributed by atoms with van der Waals surface area (Å²) in [6.07, 6.45) is 3.29. The second-order valence-corrected chi connectivity index (χ2v) is 22.5. The molecule has 19 rings (SSSR count). The zero-order valence-electron chi connectivity index (χ0n) is 45.9. The van der Waals surface area contributed by atoms with Gasteiger partial charge in [-0.3, -0.25) is 0 Å². The Hall–Kier alpha value is -5.34. The Bertz CT molecular complexity index is 2730. The van der Waals surface area contributed by atoms with E-state index < -0.39 is 28.5 Å². The van der Waals surface area contributed by atoms with Crippen molar-refractivity contribution in [2.24, 2.45) is 21.7 Å². The SMILES string of the molecule is CCC12COCC3(CC)COB(OC3)c3ccc(cc3)C(=C(c3ccccc3)c3ccccc3)c3ccc(cc3)B3OCC(CC)(COCC4(CC)COB(OC4)C(=C(c4ccccc4)c4ccccc4)B(OC1)OC2)CO3. The number of hydrogen-bond donors (Lipinski definition) is 0. The smallest absolute Gasteiger partial charge is 0.407 e. The van der Waals surface area contributed by atoms with Gasteiger partial charge in [0.2, 0.25) is 0 Å². The van der Waals surface area contributed by atoms with Crippen LogP contribution in [-0.2, 0) is 46.7 Å². The Morgan fingerprint density at radius 1 is 0.308 bits per heavy atom. The van der Waals surface area contributed by atoms with Crippen molar-refractivity contribution in [3.8, 4) is 0 Å². The van der Waals surface area contributed by atoms with E-state index in [4.69, 9.17) is 46.7 Å². The minimum absolute atomic E-state index is 0.317. The van der Waals surface area contributed by atoms with Crippen molar-refractivity contribution in [3.63, 3.8) is 0 Å². The van der Waals surface area contributed by atoms with Crippen LogP contribution in [0.4, 0.5) is 0 Å². The number of rotatable bonds is 8. The van der Waals surface area contributed by atoms with E-state index in [-0.39, 0.29) is 21.7 Å². The summed E-state index contributed by atoms with van der Waals surface area (Å²) in [5, 5.41) is 0.812. The fourth-order valence-corrected chi connectivity index (χ4v) is 11.4. The zero-order valence-corrected chi connectivity index (χ0v) is 45.9. The van der Waals surface area contributed by atoms with Gasteiger partial charge in [0.05, 0.1) is 26.4 Å². The number of fused-ring (bicyclic) bond motifs is 2. The largest absolute Gasteiger partial charge is 0.493 e. The summed E-state index contributed by atoms with van der Waals surface area (Å²) < 4.78 is 67.6. The third-order valence-electron chi connectivity index (χ3n) is 17.2. The lowest BCUT2D eigenvalue weighted by atomic mass is 9.52. The van der Waals surface area contributed by atoms with Gasteiger partial charge < -0.3 is 46.7 Å². The van der Waals surface area contributed by atoms with E-state index in [2.05, 4.69) is 185 Å². The molecule has 0 aliphatic carbocycles. The number of ether oxygens (including phenoxy) is 2. The molecule has 4 fully saturated rings. The highest BCUT2D eigenvalue weighted by atomic mass is 16.6. The van der Waals surface area contributed by atoms with E-state index in [1.165, 1.54) is 0 Å². The maximum absolute atomic E-state index is 6.91. The lowest BCUT2D eigenvalue weighted by Crippen LogP contribution is -2.54. The van der Waals surface area contributed by atoms with Crippen LogP contribution >= 0.6 is 0 Å². The Morgan fingerprint density at radius 2 is 0.564 bits per heavy atom. The molecule has 78 heavy (non-hydrogen) atoms. The van der Waals surface area contributed by atoms with Crippen molar-refractivity contribution in [1.29, 1.82) is 0 Å². The standard InChI is InChI=1S/C64H72B4O10/c1-5-61-37-69-39-63(7-3)45-75-67(76-46-63)60(59(51-25-17-11-18-26-51)52-27-19-12-20-28-52)68-77-47-64(8-4,48-78-68)40-70-38-62(6-2)43-73-66(74-44-62)56-35-31-54(32-36-56)58(53-29-33-55(34-30-53)65(71-41-61)72-42-61)57(49-21-13-9-14-22-49)50-23-15-10-16-24-50/h9-36H,5-8,37-48H2,1-4H3. The molecule has 14 heteroatoms. The fourth-order valence-electron chi connectivity index (χ4n) is 11.4. The molecule has 0 amide bonds. The Kier molecular flexibility index (Phi) is 17.2. The predicted molar refractivity (Wildman–Crippen MR) is 312 cm³/mol. The van der Waals surface area contributed by atoms with Gasteiger partial charge >= 0.3 is 28.5 Å². The molecule has 10 nitrogen and oxygen atoms in total. The van der Waals surface area contributed by atoms with Crippen LogP contribution in [0.1, 0.15) is 86.8 Å². The fraction of sp³-hybridized carbons (Fsp3) is 0.375. The van der Waals surface area contributed by atoms with Gasteiger partial charge in [0.15, 0.2) is 0 Å². The highest BCUT2D eigenvalue weighted by Crippen LogP contribution is 2.41. The average molecular weight is 1040 g/mol. The molecule has 13 aliphatic heterocycles. The van der Waals surface area contributed by atoms with Gasteiger partial charge in [-0.05, 0) is 92.1 Å². The van der Waals surface area contributed by atoms with Gasteiger partial charge in [0, 0.05) is 74.5 Å². The van der Waals surface area contributed by atoms with E-state index in [0.29, 0.717) is 79.3 Å². The molecule has 0 unspecified atom stereocenters. The maximum atomic E-state index is 6.91. The first-order valence-corrected chi connectivity index (χ1v) is 28.3. The van der Waals surface area contributed by atoms with Crippen LogP contribution in [0.3, 0.4) is 0 Å². The third-order valence-corrected chi connectivity index (χ3v) is 17.2. The van der Waals surface area contributed by atoms with Crippen LogP contribution in [0.25, 0.3) is 16.7 Å². The summed E-state index contributed by atoms with van der Waals surface area (Å²) in [4.78, 5) is 0. The van der Waals surface area contributed by atoms with Crippen molar-refractivity contribution in [2.45, 2.75) is 53.4 Å². The Balaban J connectivity index is 0.915. The predicted octanol–water partition coefficient (Wildman–Crippen LogP) is 10.5. The summed E-state index contributed by atoms with van der Waals surface area (Å²) in [6.45, 7) is 14.4. The summed E-state index contributed by atoms with van der Waals surface area (Å²) in [5.41, 5.74) is 10.2. The monoisotopic (exact) mass is 1040 g/mol. The van der Waals surface area contributed by atoms with E-state index in [0.717, 1.165) is 92.1 Å². The van der Waals surface area contributed by atoms with Crippen molar-refractivity contribution in [3.05, 3.63) is 209 Å². The molecular formula is C64H72B4O10. The minimum atomic E-state index is -0.729. The van der Waals surface area contributed by atoms with E-state index in [1.807, 2.05) is 12.1 Å². The molecule has 13 heterocycles. The first-order valence-electron chi connectivity index (χ1n) is 28.3. The van der Waals surface area contributed by atoms with Crippen molar-refractivity contribution >= 4 is 56.1 Å². The molecule has 6 aromatic rings. The lowest BCUT2D eigenvalue weighted by molar-refractivity contribution is -0.0995. The summed E-state index contributed by atoms with van der Waals surface area (Å²) in [5.74, 6) is 0. The number of hydrogen-bond acceptors (Lipinski definition) is 10. The van der Waals surface area contributed by atoms with Gasteiger partial charge in [-0.15, -0.1) is 0 Å². The highest BCUT2D eigenvalue weighted by Gasteiger charge is 2.50. The van der Waals surface area contributed by atoms with E-state index >= 15 is 0 Å². The van der Waals surface area contributed by atoms with Crippen LogP contribution in [0.2, 0.25) is 0 Å². The Morgan fingerprint density at radius 3 is 0.833 bits per heavy atom. The highest BCUT2D eigenvalue weighted by molar-refractivity contribution is 6.79. The van der Waals surface area contributed by atoms with Gasteiger partial charge in [0.25, 0.3) is 0 Å². The van der Waals surface area contributed by atoms with Gasteiger partial charge in [-0.25, -0.2) is 0 Å². The van der Waals surface area contributed by atoms with Crippen molar-refractivity contribution < 1.29 is 46.7 Å². The quantitative estimate of drug-likeness (QED) is 0.137. The first kappa shape index (κ1) is 54.6. The molecule has 0 spiro atoms. The molecule has 6 aromatic carbocycles. The maximum Gasteiger partial charge on any atom is 0.493 e. The minimum Gasteiger partial charge on any atom is -0.407 e. The average Bonchev–Trinajstić information content (AvgIpc) is 3.54. The molecule has 0 N–H and O–H groups in total. The molecule has 13 aliphatic rings. The molecule has 12 bridgehead atoms. The second kappa shape index (κ2) is 24.6.